The Morgan fingerprint density at radius 1 is 1.16 bits per heavy atom. The van der Waals surface area contributed by atoms with Crippen LogP contribution in [-0.2, 0) is 9.59 Å². The van der Waals surface area contributed by atoms with Gasteiger partial charge in [0.1, 0.15) is 0 Å². The smallest absolute Gasteiger partial charge is 0.350 e. The number of nitrogens with zero attached hydrogens (tertiary/aromatic N) is 2. The summed E-state index contributed by atoms with van der Waals surface area (Å²) < 4.78 is 0. The molecule has 1 unspecified atom stereocenters. The molecular weight excluding hydrogens is 318 g/mol. The molecule has 0 spiro atoms. The molecule has 0 aromatic heterocycles. The van der Waals surface area contributed by atoms with Gasteiger partial charge in [0.2, 0.25) is 11.8 Å². The van der Waals surface area contributed by atoms with Crippen LogP contribution in [0.15, 0.2) is 29.3 Å². The molecule has 0 aromatic rings. The lowest BCUT2D eigenvalue weighted by molar-refractivity contribution is -0.129. The van der Waals surface area contributed by atoms with Gasteiger partial charge in [0.05, 0.1) is 11.6 Å². The maximum atomic E-state index is 12.4. The van der Waals surface area contributed by atoms with E-state index in [0.717, 1.165) is 25.7 Å². The summed E-state index contributed by atoms with van der Waals surface area (Å²) in [6.07, 6.45) is 14.5. The standard InChI is InChI=1S/C19H25N3O3/c23-17(20-14-8-3-4-9-14)12-2-1-7-13-22-18(24)15-10-5-6-11-16(15)21-19(22)25/h5-6,10-11,14-15H,1-4,7-9,12-13H2,(H,20,23). The summed E-state index contributed by atoms with van der Waals surface area (Å²) in [5.74, 6) is -0.514. The number of urea groups is 1. The molecule has 1 heterocycles. The molecule has 6 nitrogen and oxygen atoms in total. The molecule has 4 amide bonds. The molecule has 134 valence electrons. The molecule has 1 N–H and O–H groups in total. The molecule has 2 aliphatic carbocycles. The molecule has 0 radical (unpaired) electrons. The minimum Gasteiger partial charge on any atom is -0.353 e. The first-order chi connectivity index (χ1) is 12.1. The van der Waals surface area contributed by atoms with Crippen molar-refractivity contribution >= 4 is 23.6 Å². The van der Waals surface area contributed by atoms with E-state index in [4.69, 9.17) is 0 Å². The molecule has 3 rings (SSSR count). The molecule has 1 saturated carbocycles. The van der Waals surface area contributed by atoms with E-state index in [1.165, 1.54) is 17.7 Å². The van der Waals surface area contributed by atoms with E-state index in [0.29, 0.717) is 31.1 Å². The average Bonchev–Trinajstić information content (AvgIpc) is 3.10. The Hall–Kier alpha value is -2.24. The predicted molar refractivity (Wildman–Crippen MR) is 95.2 cm³/mol. The van der Waals surface area contributed by atoms with Crippen molar-refractivity contribution in [3.05, 3.63) is 24.3 Å². The van der Waals surface area contributed by atoms with Crippen molar-refractivity contribution in [2.45, 2.75) is 57.4 Å². The zero-order valence-electron chi connectivity index (χ0n) is 14.4. The maximum absolute atomic E-state index is 12.4. The first-order valence-electron chi connectivity index (χ1n) is 9.23. The van der Waals surface area contributed by atoms with Crippen LogP contribution in [-0.4, -0.2) is 41.0 Å². The molecule has 0 bridgehead atoms. The minimum absolute atomic E-state index is 0.116. The van der Waals surface area contributed by atoms with Crippen molar-refractivity contribution in [3.63, 3.8) is 0 Å². The van der Waals surface area contributed by atoms with E-state index < -0.39 is 11.9 Å². The van der Waals surface area contributed by atoms with Gasteiger partial charge < -0.3 is 5.32 Å². The molecule has 25 heavy (non-hydrogen) atoms. The van der Waals surface area contributed by atoms with Gasteiger partial charge in [-0.05, 0) is 31.8 Å². The summed E-state index contributed by atoms with van der Waals surface area (Å²) >= 11 is 0. The van der Waals surface area contributed by atoms with Crippen molar-refractivity contribution < 1.29 is 14.4 Å². The lowest BCUT2D eigenvalue weighted by atomic mass is 9.95. The Labute approximate surface area is 148 Å². The molecule has 0 aromatic carbocycles. The van der Waals surface area contributed by atoms with Crippen LogP contribution in [0.1, 0.15) is 51.4 Å². The lowest BCUT2D eigenvalue weighted by Crippen LogP contribution is -2.46. The van der Waals surface area contributed by atoms with Crippen molar-refractivity contribution in [2.75, 3.05) is 6.54 Å². The predicted octanol–water partition coefficient (Wildman–Crippen LogP) is 2.75. The Morgan fingerprint density at radius 2 is 1.96 bits per heavy atom. The second-order valence-electron chi connectivity index (χ2n) is 6.89. The average molecular weight is 343 g/mol. The number of carbonyl (C=O) groups is 3. The van der Waals surface area contributed by atoms with Crippen molar-refractivity contribution in [1.29, 1.82) is 0 Å². The molecular formula is C19H25N3O3. The zero-order chi connectivity index (χ0) is 17.6. The minimum atomic E-state index is -0.477. The first kappa shape index (κ1) is 17.6. The van der Waals surface area contributed by atoms with Crippen LogP contribution in [0.2, 0.25) is 0 Å². The number of aliphatic imine (C=N–C) groups is 1. The van der Waals surface area contributed by atoms with Crippen LogP contribution in [0.5, 0.6) is 0 Å². The monoisotopic (exact) mass is 343 g/mol. The molecule has 0 saturated heterocycles. The summed E-state index contributed by atoms with van der Waals surface area (Å²) in [6, 6.07) is -0.115. The number of imide groups is 1. The topological polar surface area (TPSA) is 78.8 Å². The largest absolute Gasteiger partial charge is 0.353 e. The van der Waals surface area contributed by atoms with E-state index >= 15 is 0 Å². The summed E-state index contributed by atoms with van der Waals surface area (Å²) in [7, 11) is 0. The highest BCUT2D eigenvalue weighted by Gasteiger charge is 2.35. The van der Waals surface area contributed by atoms with Gasteiger partial charge in [0, 0.05) is 19.0 Å². The highest BCUT2D eigenvalue weighted by Crippen LogP contribution is 2.20. The van der Waals surface area contributed by atoms with Gasteiger partial charge >= 0.3 is 6.03 Å². The first-order valence-corrected chi connectivity index (χ1v) is 9.23. The number of rotatable bonds is 7. The van der Waals surface area contributed by atoms with Gasteiger partial charge in [-0.15, -0.1) is 0 Å². The van der Waals surface area contributed by atoms with Crippen LogP contribution >= 0.6 is 0 Å². The number of amides is 4. The fourth-order valence-corrected chi connectivity index (χ4v) is 3.59. The highest BCUT2D eigenvalue weighted by atomic mass is 16.2. The second kappa shape index (κ2) is 8.23. The third kappa shape index (κ3) is 4.44. The van der Waals surface area contributed by atoms with Gasteiger partial charge in [-0.25, -0.2) is 4.79 Å². The van der Waals surface area contributed by atoms with E-state index in [-0.39, 0.29) is 11.8 Å². The molecule has 1 aliphatic heterocycles. The van der Waals surface area contributed by atoms with Gasteiger partial charge in [0.25, 0.3) is 0 Å². The SMILES string of the molecule is O=C(CCCCCN1C(=O)N=C2C=CC=CC2C1=O)NC1CCCC1. The second-order valence-corrected chi connectivity index (χ2v) is 6.89. The van der Waals surface area contributed by atoms with E-state index in [2.05, 4.69) is 10.3 Å². The van der Waals surface area contributed by atoms with E-state index in [1.54, 1.807) is 24.3 Å². The summed E-state index contributed by atoms with van der Waals surface area (Å²) in [5.41, 5.74) is 0.525. The van der Waals surface area contributed by atoms with Gasteiger partial charge in [-0.2, -0.15) is 4.99 Å². The molecule has 3 aliphatic rings. The van der Waals surface area contributed by atoms with E-state index in [1.807, 2.05) is 0 Å². The zero-order valence-corrected chi connectivity index (χ0v) is 14.4. The molecule has 1 atom stereocenters. The Balaban J connectivity index is 1.37. The maximum Gasteiger partial charge on any atom is 0.350 e. The summed E-state index contributed by atoms with van der Waals surface area (Å²) in [5, 5.41) is 3.07. The Kier molecular flexibility index (Phi) is 5.79. The third-order valence-corrected chi connectivity index (χ3v) is 4.99. The van der Waals surface area contributed by atoms with Crippen LogP contribution in [0.3, 0.4) is 0 Å². The van der Waals surface area contributed by atoms with Crippen molar-refractivity contribution in [2.24, 2.45) is 10.9 Å². The quantitative estimate of drug-likeness (QED) is 0.722. The van der Waals surface area contributed by atoms with Crippen LogP contribution < -0.4 is 5.32 Å². The highest BCUT2D eigenvalue weighted by molar-refractivity contribution is 6.21. The van der Waals surface area contributed by atoms with Crippen molar-refractivity contribution in [3.8, 4) is 0 Å². The van der Waals surface area contributed by atoms with Crippen LogP contribution in [0.25, 0.3) is 0 Å². The molecule has 1 fully saturated rings. The Bertz CT molecular complexity index is 630. The van der Waals surface area contributed by atoms with E-state index in [9.17, 15) is 14.4 Å². The van der Waals surface area contributed by atoms with Crippen LogP contribution in [0.4, 0.5) is 4.79 Å². The van der Waals surface area contributed by atoms with Gasteiger partial charge in [0.15, 0.2) is 0 Å². The van der Waals surface area contributed by atoms with Gasteiger partial charge in [-0.3, -0.25) is 14.5 Å². The number of unbranched alkanes of at least 4 members (excludes halogenated alkanes) is 2. The fourth-order valence-electron chi connectivity index (χ4n) is 3.59. The number of allylic oxidation sites excluding steroid dienone is 3. The fraction of sp³-hybridized carbons (Fsp3) is 0.579. The lowest BCUT2D eigenvalue weighted by Gasteiger charge is -2.28. The number of fused-ring (bicyclic) bond motifs is 1. The Morgan fingerprint density at radius 3 is 2.76 bits per heavy atom. The summed E-state index contributed by atoms with van der Waals surface area (Å²) in [4.78, 5) is 41.5. The van der Waals surface area contributed by atoms with Crippen molar-refractivity contribution in [1.82, 2.24) is 10.2 Å². The molecule has 6 heteroatoms. The van der Waals surface area contributed by atoms with Gasteiger partial charge in [-0.1, -0.05) is 37.5 Å². The number of carbonyl (C=O) groups excluding carboxylic acids is 3. The number of hydrogen-bond acceptors (Lipinski definition) is 3. The normalized spacial score (nSPS) is 23.0. The third-order valence-electron chi connectivity index (χ3n) is 4.99. The number of hydrogen-bond donors (Lipinski definition) is 1. The number of nitrogens with one attached hydrogen (secondary N) is 1. The van der Waals surface area contributed by atoms with Crippen LogP contribution in [0, 0.1) is 5.92 Å². The summed E-state index contributed by atoms with van der Waals surface area (Å²) in [6.45, 7) is 0.368.